The summed E-state index contributed by atoms with van der Waals surface area (Å²) in [6.45, 7) is 6.46. The van der Waals surface area contributed by atoms with Crippen LogP contribution >= 0.6 is 27.3 Å². The van der Waals surface area contributed by atoms with Crippen molar-refractivity contribution >= 4 is 49.9 Å². The highest BCUT2D eigenvalue weighted by molar-refractivity contribution is 9.11. The standard InChI is InChI=1S/C16H18BrN3O3S/c1-9(2)8-23-12-6-10(3)4-5-11(12)20(15(22)14(18)21)16-19-7-13(17)24-16/h4-7,9H,8H2,1-3H3,(H2,18,21). The summed E-state index contributed by atoms with van der Waals surface area (Å²) in [6, 6.07) is 5.38. The number of carbonyl (C=O) groups excluding carboxylic acids is 2. The van der Waals surface area contributed by atoms with Gasteiger partial charge in [-0.15, -0.1) is 0 Å². The third-order valence-electron chi connectivity index (χ3n) is 3.00. The summed E-state index contributed by atoms with van der Waals surface area (Å²) in [7, 11) is 0. The Morgan fingerprint density at radius 2 is 2.12 bits per heavy atom. The largest absolute Gasteiger partial charge is 0.491 e. The van der Waals surface area contributed by atoms with Crippen molar-refractivity contribution in [2.45, 2.75) is 20.8 Å². The molecule has 6 nitrogen and oxygen atoms in total. The van der Waals surface area contributed by atoms with Gasteiger partial charge in [-0.05, 0) is 46.5 Å². The van der Waals surface area contributed by atoms with E-state index >= 15 is 0 Å². The third-order valence-corrected chi connectivity index (χ3v) is 4.46. The molecule has 0 aliphatic heterocycles. The van der Waals surface area contributed by atoms with Crippen molar-refractivity contribution in [3.8, 4) is 5.75 Å². The van der Waals surface area contributed by atoms with Gasteiger partial charge in [0, 0.05) is 0 Å². The zero-order valence-electron chi connectivity index (χ0n) is 13.6. The molecule has 8 heteroatoms. The first-order valence-corrected chi connectivity index (χ1v) is 8.89. The molecular weight excluding hydrogens is 394 g/mol. The molecule has 1 aromatic carbocycles. The Morgan fingerprint density at radius 3 is 2.67 bits per heavy atom. The molecule has 0 aliphatic carbocycles. The number of hydrogen-bond acceptors (Lipinski definition) is 5. The van der Waals surface area contributed by atoms with Gasteiger partial charge in [0.2, 0.25) is 0 Å². The molecule has 0 unspecified atom stereocenters. The second-order valence-corrected chi connectivity index (χ2v) is 8.02. The quantitative estimate of drug-likeness (QED) is 0.763. The molecule has 1 aromatic heterocycles. The Balaban J connectivity index is 2.53. The van der Waals surface area contributed by atoms with E-state index in [2.05, 4.69) is 20.9 Å². The third kappa shape index (κ3) is 4.33. The van der Waals surface area contributed by atoms with Crippen molar-refractivity contribution in [2.24, 2.45) is 11.7 Å². The van der Waals surface area contributed by atoms with E-state index in [1.54, 1.807) is 12.3 Å². The lowest BCUT2D eigenvalue weighted by molar-refractivity contribution is -0.135. The van der Waals surface area contributed by atoms with Crippen molar-refractivity contribution in [3.05, 3.63) is 33.7 Å². The molecule has 0 fully saturated rings. The van der Waals surface area contributed by atoms with Gasteiger partial charge in [0.05, 0.1) is 22.3 Å². The Hall–Kier alpha value is -1.93. The Labute approximate surface area is 152 Å². The second-order valence-electron chi connectivity index (χ2n) is 5.63. The van der Waals surface area contributed by atoms with Crippen molar-refractivity contribution in [1.82, 2.24) is 4.98 Å². The predicted octanol–water partition coefficient (Wildman–Crippen LogP) is 3.40. The molecule has 128 valence electrons. The van der Waals surface area contributed by atoms with Crippen LogP contribution in [-0.4, -0.2) is 23.4 Å². The number of amides is 2. The number of nitrogens with zero attached hydrogens (tertiary/aromatic N) is 2. The number of halogens is 1. The predicted molar refractivity (Wildman–Crippen MR) is 97.7 cm³/mol. The molecule has 24 heavy (non-hydrogen) atoms. The van der Waals surface area contributed by atoms with E-state index in [-0.39, 0.29) is 0 Å². The van der Waals surface area contributed by atoms with Gasteiger partial charge in [0.1, 0.15) is 5.75 Å². The SMILES string of the molecule is Cc1ccc(N(C(=O)C(N)=O)c2ncc(Br)s2)c(OCC(C)C)c1. The first kappa shape index (κ1) is 18.4. The Bertz CT molecular complexity index is 761. The fourth-order valence-corrected chi connectivity index (χ4v) is 3.13. The second kappa shape index (κ2) is 7.76. The monoisotopic (exact) mass is 411 g/mol. The summed E-state index contributed by atoms with van der Waals surface area (Å²) in [5.74, 6) is -1.11. The number of nitrogens with two attached hydrogens (primary N) is 1. The van der Waals surface area contributed by atoms with Gasteiger partial charge in [-0.2, -0.15) is 0 Å². The first-order valence-electron chi connectivity index (χ1n) is 7.28. The van der Waals surface area contributed by atoms with E-state index in [9.17, 15) is 9.59 Å². The van der Waals surface area contributed by atoms with Crippen molar-refractivity contribution in [2.75, 3.05) is 11.5 Å². The molecule has 0 saturated heterocycles. The van der Waals surface area contributed by atoms with Gasteiger partial charge in [0.15, 0.2) is 5.13 Å². The number of rotatable bonds is 5. The molecule has 0 radical (unpaired) electrons. The number of benzene rings is 1. The molecule has 2 amide bonds. The van der Waals surface area contributed by atoms with E-state index in [4.69, 9.17) is 10.5 Å². The maximum Gasteiger partial charge on any atom is 0.322 e. The maximum absolute atomic E-state index is 12.4. The molecule has 0 aliphatic rings. The highest BCUT2D eigenvalue weighted by Gasteiger charge is 2.28. The fourth-order valence-electron chi connectivity index (χ4n) is 1.94. The topological polar surface area (TPSA) is 85.5 Å². The van der Waals surface area contributed by atoms with Crippen molar-refractivity contribution in [3.63, 3.8) is 0 Å². The summed E-state index contributed by atoms with van der Waals surface area (Å²) in [6.07, 6.45) is 1.56. The number of primary amides is 1. The summed E-state index contributed by atoms with van der Waals surface area (Å²) < 4.78 is 6.57. The summed E-state index contributed by atoms with van der Waals surface area (Å²) in [4.78, 5) is 29.2. The maximum atomic E-state index is 12.4. The van der Waals surface area contributed by atoms with Crippen LogP contribution in [0.5, 0.6) is 5.75 Å². The van der Waals surface area contributed by atoms with Crippen LogP contribution in [0.2, 0.25) is 0 Å². The van der Waals surface area contributed by atoms with Crippen molar-refractivity contribution in [1.29, 1.82) is 0 Å². The van der Waals surface area contributed by atoms with Gasteiger partial charge >= 0.3 is 11.8 Å². The minimum absolute atomic E-state index is 0.313. The molecular formula is C16H18BrN3O3S. The molecule has 0 saturated carbocycles. The van der Waals surface area contributed by atoms with Crippen LogP contribution in [0.1, 0.15) is 19.4 Å². The lowest BCUT2D eigenvalue weighted by atomic mass is 10.2. The van der Waals surface area contributed by atoms with Crippen LogP contribution in [0.25, 0.3) is 0 Å². The normalized spacial score (nSPS) is 10.7. The van der Waals surface area contributed by atoms with Gasteiger partial charge in [0.25, 0.3) is 0 Å². The van der Waals surface area contributed by atoms with E-state index < -0.39 is 11.8 Å². The van der Waals surface area contributed by atoms with E-state index in [1.807, 2.05) is 32.9 Å². The molecule has 1 heterocycles. The number of thiazole rings is 1. The minimum atomic E-state index is -1.06. The van der Waals surface area contributed by atoms with Crippen LogP contribution in [0.15, 0.2) is 28.2 Å². The highest BCUT2D eigenvalue weighted by Crippen LogP contribution is 2.38. The minimum Gasteiger partial charge on any atom is -0.491 e. The van der Waals surface area contributed by atoms with E-state index in [0.29, 0.717) is 29.1 Å². The van der Waals surface area contributed by atoms with E-state index in [0.717, 1.165) is 9.35 Å². The number of carbonyl (C=O) groups is 2. The van der Waals surface area contributed by atoms with Crippen LogP contribution in [0.4, 0.5) is 10.8 Å². The van der Waals surface area contributed by atoms with Gasteiger partial charge in [-0.25, -0.2) is 9.88 Å². The van der Waals surface area contributed by atoms with Crippen LogP contribution in [0, 0.1) is 12.8 Å². The average Bonchev–Trinajstić information content (AvgIpc) is 2.93. The average molecular weight is 412 g/mol. The molecule has 0 atom stereocenters. The van der Waals surface area contributed by atoms with Gasteiger partial charge in [-0.1, -0.05) is 31.3 Å². The fraction of sp³-hybridized carbons (Fsp3) is 0.312. The van der Waals surface area contributed by atoms with Crippen molar-refractivity contribution < 1.29 is 14.3 Å². The number of ether oxygens (including phenoxy) is 1. The summed E-state index contributed by atoms with van der Waals surface area (Å²) in [5, 5.41) is 0.337. The zero-order chi connectivity index (χ0) is 17.9. The highest BCUT2D eigenvalue weighted by atomic mass is 79.9. The van der Waals surface area contributed by atoms with Crippen LogP contribution in [-0.2, 0) is 9.59 Å². The Kier molecular flexibility index (Phi) is 5.95. The first-order chi connectivity index (χ1) is 11.3. The van der Waals surface area contributed by atoms with Crippen LogP contribution < -0.4 is 15.4 Å². The Morgan fingerprint density at radius 1 is 1.42 bits per heavy atom. The summed E-state index contributed by atoms with van der Waals surface area (Å²) in [5.41, 5.74) is 6.63. The zero-order valence-corrected chi connectivity index (χ0v) is 16.0. The van der Waals surface area contributed by atoms with Gasteiger partial charge < -0.3 is 10.5 Å². The molecule has 2 rings (SSSR count). The summed E-state index contributed by atoms with van der Waals surface area (Å²) >= 11 is 4.53. The molecule has 0 spiro atoms. The lowest BCUT2D eigenvalue weighted by Crippen LogP contribution is -2.37. The number of anilines is 2. The van der Waals surface area contributed by atoms with Crippen LogP contribution in [0.3, 0.4) is 0 Å². The number of hydrogen-bond donors (Lipinski definition) is 1. The number of aryl methyl sites for hydroxylation is 1. The molecule has 2 aromatic rings. The van der Waals surface area contributed by atoms with Gasteiger partial charge in [-0.3, -0.25) is 9.59 Å². The number of aromatic nitrogens is 1. The molecule has 2 N–H and O–H groups in total. The molecule has 0 bridgehead atoms. The lowest BCUT2D eigenvalue weighted by Gasteiger charge is -2.22. The van der Waals surface area contributed by atoms with E-state index in [1.165, 1.54) is 16.2 Å². The smallest absolute Gasteiger partial charge is 0.322 e.